The Balaban J connectivity index is 1.84. The number of nitrogens with zero attached hydrogens (tertiary/aromatic N) is 3. The van der Waals surface area contributed by atoms with E-state index in [1.54, 1.807) is 0 Å². The third kappa shape index (κ3) is 2.80. The van der Waals surface area contributed by atoms with Gasteiger partial charge in [-0.25, -0.2) is 0 Å². The van der Waals surface area contributed by atoms with E-state index < -0.39 is 5.60 Å². The predicted octanol–water partition coefficient (Wildman–Crippen LogP) is 0.835. The molecule has 0 amide bonds. The zero-order chi connectivity index (χ0) is 11.8. The molecule has 0 aromatic carbocycles. The van der Waals surface area contributed by atoms with Gasteiger partial charge < -0.3 is 9.63 Å². The van der Waals surface area contributed by atoms with Crippen molar-refractivity contribution in [1.82, 2.24) is 15.0 Å². The summed E-state index contributed by atoms with van der Waals surface area (Å²) in [7, 11) is 0. The van der Waals surface area contributed by atoms with E-state index in [4.69, 9.17) is 4.52 Å². The molecule has 1 fully saturated rings. The van der Waals surface area contributed by atoms with Gasteiger partial charge in [-0.3, -0.25) is 4.90 Å². The summed E-state index contributed by atoms with van der Waals surface area (Å²) in [4.78, 5) is 6.42. The lowest BCUT2D eigenvalue weighted by molar-refractivity contribution is -0.0882. The van der Waals surface area contributed by atoms with Crippen molar-refractivity contribution < 1.29 is 9.63 Å². The van der Waals surface area contributed by atoms with Gasteiger partial charge in [0, 0.05) is 19.5 Å². The molecule has 5 nitrogen and oxygen atoms in total. The smallest absolute Gasteiger partial charge is 0.226 e. The van der Waals surface area contributed by atoms with Crippen LogP contribution in [-0.4, -0.2) is 38.8 Å². The van der Waals surface area contributed by atoms with Crippen molar-refractivity contribution in [1.29, 1.82) is 0 Å². The number of hydrogen-bond acceptors (Lipinski definition) is 5. The van der Waals surface area contributed by atoms with Crippen LogP contribution in [0.3, 0.4) is 0 Å². The van der Waals surface area contributed by atoms with E-state index in [0.29, 0.717) is 37.3 Å². The van der Waals surface area contributed by atoms with E-state index >= 15 is 0 Å². The van der Waals surface area contributed by atoms with Crippen LogP contribution < -0.4 is 0 Å². The fourth-order valence-corrected chi connectivity index (χ4v) is 2.02. The Morgan fingerprint density at radius 1 is 1.50 bits per heavy atom. The fourth-order valence-electron chi connectivity index (χ4n) is 2.02. The monoisotopic (exact) mass is 225 g/mol. The molecule has 0 spiro atoms. The van der Waals surface area contributed by atoms with Crippen LogP contribution in [0.4, 0.5) is 0 Å². The number of β-amino-alcohol motifs (C(OH)–C–C–N with tert-alkyl or cyclic N) is 1. The second kappa shape index (κ2) is 4.14. The van der Waals surface area contributed by atoms with Crippen LogP contribution in [0.2, 0.25) is 0 Å². The Labute approximate surface area is 95.4 Å². The van der Waals surface area contributed by atoms with Gasteiger partial charge in [0.2, 0.25) is 5.89 Å². The molecule has 1 N–H and O–H groups in total. The minimum atomic E-state index is -0.537. The highest BCUT2D eigenvalue weighted by atomic mass is 16.5. The van der Waals surface area contributed by atoms with Gasteiger partial charge in [0.05, 0.1) is 12.1 Å². The molecule has 2 heterocycles. The van der Waals surface area contributed by atoms with Crippen molar-refractivity contribution in [2.45, 2.75) is 39.3 Å². The third-order valence-electron chi connectivity index (χ3n) is 2.59. The molecular formula is C11H19N3O2. The lowest BCUT2D eigenvalue weighted by Gasteiger charge is -2.43. The standard InChI is InChI=1S/C11H19N3O2/c1-8(2)4-10-12-9(13-16-10)5-14-6-11(3,15)7-14/h8,15H,4-7H2,1-3H3. The Kier molecular flexibility index (Phi) is 2.99. The van der Waals surface area contributed by atoms with Crippen molar-refractivity contribution >= 4 is 0 Å². The molecule has 0 radical (unpaired) electrons. The summed E-state index contributed by atoms with van der Waals surface area (Å²) in [6.07, 6.45) is 0.824. The van der Waals surface area contributed by atoms with Gasteiger partial charge in [0.25, 0.3) is 0 Å². The van der Waals surface area contributed by atoms with E-state index in [0.717, 1.165) is 6.42 Å². The summed E-state index contributed by atoms with van der Waals surface area (Å²) in [5.74, 6) is 1.95. The molecule has 0 aliphatic carbocycles. The largest absolute Gasteiger partial charge is 0.388 e. The molecule has 0 unspecified atom stereocenters. The first-order chi connectivity index (χ1) is 7.44. The van der Waals surface area contributed by atoms with Crippen molar-refractivity contribution in [2.24, 2.45) is 5.92 Å². The predicted molar refractivity (Wildman–Crippen MR) is 58.7 cm³/mol. The molecule has 1 aliphatic rings. The second-order valence-corrected chi connectivity index (χ2v) is 5.34. The molecule has 1 aliphatic heterocycles. The normalized spacial score (nSPS) is 20.1. The van der Waals surface area contributed by atoms with Gasteiger partial charge in [0.1, 0.15) is 0 Å². The van der Waals surface area contributed by atoms with Crippen LogP contribution in [0, 0.1) is 5.92 Å². The average molecular weight is 225 g/mol. The maximum atomic E-state index is 9.58. The molecule has 0 bridgehead atoms. The Bertz CT molecular complexity index is 352. The van der Waals surface area contributed by atoms with Gasteiger partial charge in [-0.1, -0.05) is 19.0 Å². The Morgan fingerprint density at radius 3 is 2.75 bits per heavy atom. The highest BCUT2D eigenvalue weighted by Crippen LogP contribution is 2.21. The first kappa shape index (κ1) is 11.5. The average Bonchev–Trinajstić information content (AvgIpc) is 2.48. The van der Waals surface area contributed by atoms with E-state index in [9.17, 15) is 5.11 Å². The topological polar surface area (TPSA) is 62.4 Å². The summed E-state index contributed by atoms with van der Waals surface area (Å²) in [6, 6.07) is 0. The van der Waals surface area contributed by atoms with Crippen LogP contribution >= 0.6 is 0 Å². The SMILES string of the molecule is CC(C)Cc1nc(CN2CC(C)(O)C2)no1. The highest BCUT2D eigenvalue weighted by molar-refractivity contribution is 4.95. The minimum absolute atomic E-state index is 0.526. The Hall–Kier alpha value is -0.940. The van der Waals surface area contributed by atoms with E-state index in [1.807, 2.05) is 6.92 Å². The molecule has 1 saturated heterocycles. The Morgan fingerprint density at radius 2 is 2.19 bits per heavy atom. The van der Waals surface area contributed by atoms with Crippen LogP contribution in [0.5, 0.6) is 0 Å². The second-order valence-electron chi connectivity index (χ2n) is 5.34. The van der Waals surface area contributed by atoms with Crippen molar-refractivity contribution in [3.8, 4) is 0 Å². The summed E-state index contributed by atoms with van der Waals surface area (Å²) in [6.45, 7) is 8.11. The number of rotatable bonds is 4. The van der Waals surface area contributed by atoms with Crippen LogP contribution in [0.1, 0.15) is 32.5 Å². The zero-order valence-corrected chi connectivity index (χ0v) is 10.1. The van der Waals surface area contributed by atoms with Gasteiger partial charge in [-0.15, -0.1) is 0 Å². The summed E-state index contributed by atoms with van der Waals surface area (Å²) in [5, 5.41) is 13.5. The summed E-state index contributed by atoms with van der Waals surface area (Å²) < 4.78 is 5.15. The molecule has 1 aromatic heterocycles. The maximum Gasteiger partial charge on any atom is 0.226 e. The van der Waals surface area contributed by atoms with Crippen molar-refractivity contribution in [3.63, 3.8) is 0 Å². The van der Waals surface area contributed by atoms with Crippen LogP contribution in [0.25, 0.3) is 0 Å². The van der Waals surface area contributed by atoms with Gasteiger partial charge in [0.15, 0.2) is 5.82 Å². The van der Waals surface area contributed by atoms with Crippen LogP contribution in [0.15, 0.2) is 4.52 Å². The van der Waals surface area contributed by atoms with E-state index in [2.05, 4.69) is 28.9 Å². The molecule has 16 heavy (non-hydrogen) atoms. The first-order valence-electron chi connectivity index (χ1n) is 5.71. The fraction of sp³-hybridized carbons (Fsp3) is 0.818. The molecule has 90 valence electrons. The van der Waals surface area contributed by atoms with Crippen molar-refractivity contribution in [2.75, 3.05) is 13.1 Å². The third-order valence-corrected chi connectivity index (χ3v) is 2.59. The highest BCUT2D eigenvalue weighted by Gasteiger charge is 2.36. The number of hydrogen-bond donors (Lipinski definition) is 1. The number of aliphatic hydroxyl groups is 1. The van der Waals surface area contributed by atoms with Gasteiger partial charge in [-0.2, -0.15) is 4.98 Å². The minimum Gasteiger partial charge on any atom is -0.388 e. The van der Waals surface area contributed by atoms with Gasteiger partial charge >= 0.3 is 0 Å². The summed E-state index contributed by atoms with van der Waals surface area (Å²) >= 11 is 0. The van der Waals surface area contributed by atoms with Gasteiger partial charge in [-0.05, 0) is 12.8 Å². The molecule has 2 rings (SSSR count). The molecule has 0 saturated carbocycles. The zero-order valence-electron chi connectivity index (χ0n) is 10.1. The van der Waals surface area contributed by atoms with Crippen LogP contribution in [-0.2, 0) is 13.0 Å². The van der Waals surface area contributed by atoms with E-state index in [-0.39, 0.29) is 0 Å². The van der Waals surface area contributed by atoms with Crippen molar-refractivity contribution in [3.05, 3.63) is 11.7 Å². The summed E-state index contributed by atoms with van der Waals surface area (Å²) in [5.41, 5.74) is -0.537. The lowest BCUT2D eigenvalue weighted by atomic mass is 9.97. The maximum absolute atomic E-state index is 9.58. The molecule has 0 atom stereocenters. The molecular weight excluding hydrogens is 206 g/mol. The molecule has 5 heteroatoms. The number of likely N-dealkylation sites (tertiary alicyclic amines) is 1. The lowest BCUT2D eigenvalue weighted by Crippen LogP contribution is -2.59. The number of aromatic nitrogens is 2. The molecule has 1 aromatic rings. The van der Waals surface area contributed by atoms with E-state index in [1.165, 1.54) is 0 Å². The first-order valence-corrected chi connectivity index (χ1v) is 5.71. The quantitative estimate of drug-likeness (QED) is 0.822.